The molecular formula is C24H21Cl2N3O5. The second-order valence-corrected chi connectivity index (χ2v) is 7.67. The molecular weight excluding hydrogens is 481 g/mol. The molecule has 2 N–H and O–H groups in total. The van der Waals surface area contributed by atoms with Crippen molar-refractivity contribution in [3.8, 4) is 17.2 Å². The lowest BCUT2D eigenvalue weighted by atomic mass is 10.2. The Morgan fingerprint density at radius 2 is 1.56 bits per heavy atom. The summed E-state index contributed by atoms with van der Waals surface area (Å²) in [6.45, 7) is -0.247. The van der Waals surface area contributed by atoms with Gasteiger partial charge in [-0.2, -0.15) is 5.10 Å². The fraction of sp³-hybridized carbons (Fsp3) is 0.125. The highest BCUT2D eigenvalue weighted by atomic mass is 35.5. The third-order valence-corrected chi connectivity index (χ3v) is 4.96. The van der Waals surface area contributed by atoms with Crippen molar-refractivity contribution in [2.75, 3.05) is 26.1 Å². The van der Waals surface area contributed by atoms with Gasteiger partial charge in [0.2, 0.25) is 0 Å². The molecule has 0 radical (unpaired) electrons. The number of anilines is 1. The molecule has 0 spiro atoms. The number of rotatable bonds is 9. The van der Waals surface area contributed by atoms with E-state index in [1.165, 1.54) is 26.5 Å². The minimum atomic E-state index is -0.455. The molecule has 0 unspecified atom stereocenters. The first-order valence-electron chi connectivity index (χ1n) is 9.93. The van der Waals surface area contributed by atoms with Crippen LogP contribution in [0.5, 0.6) is 17.2 Å². The van der Waals surface area contributed by atoms with Crippen LogP contribution in [-0.4, -0.2) is 38.9 Å². The van der Waals surface area contributed by atoms with Crippen molar-refractivity contribution in [2.45, 2.75) is 0 Å². The Hall–Kier alpha value is -3.75. The molecule has 176 valence electrons. The Balaban J connectivity index is 1.63. The minimum Gasteiger partial charge on any atom is -0.493 e. The van der Waals surface area contributed by atoms with Crippen LogP contribution in [0, 0.1) is 0 Å². The first kappa shape index (κ1) is 24.9. The standard InChI is InChI=1S/C24H21Cl2N3O5/c1-32-21-9-3-15(12-22(21)33-2)24(31)29-27-13-16-11-18(26)6-10-20(16)34-14-23(30)28-19-7-4-17(25)5-8-19/h3-13H,14H2,1-2H3,(H,28,30)(H,29,31)/b27-13+. The van der Waals surface area contributed by atoms with Gasteiger partial charge in [0.1, 0.15) is 5.75 Å². The highest BCUT2D eigenvalue weighted by Gasteiger charge is 2.11. The predicted molar refractivity (Wildman–Crippen MR) is 132 cm³/mol. The first-order chi connectivity index (χ1) is 16.4. The smallest absolute Gasteiger partial charge is 0.271 e. The zero-order valence-electron chi connectivity index (χ0n) is 18.3. The molecule has 0 bridgehead atoms. The molecule has 0 atom stereocenters. The average Bonchev–Trinajstić information content (AvgIpc) is 2.84. The fourth-order valence-electron chi connectivity index (χ4n) is 2.83. The Labute approximate surface area is 206 Å². The van der Waals surface area contributed by atoms with E-state index in [1.54, 1.807) is 54.6 Å². The molecule has 0 aliphatic carbocycles. The lowest BCUT2D eigenvalue weighted by Gasteiger charge is -2.10. The second kappa shape index (κ2) is 11.9. The summed E-state index contributed by atoms with van der Waals surface area (Å²) in [5.74, 6) is 0.468. The van der Waals surface area contributed by atoms with Gasteiger partial charge in [-0.1, -0.05) is 23.2 Å². The minimum absolute atomic E-state index is 0.247. The van der Waals surface area contributed by atoms with E-state index < -0.39 is 5.91 Å². The van der Waals surface area contributed by atoms with Crippen LogP contribution in [-0.2, 0) is 4.79 Å². The lowest BCUT2D eigenvalue weighted by Crippen LogP contribution is -2.20. The van der Waals surface area contributed by atoms with Gasteiger partial charge in [-0.25, -0.2) is 5.43 Å². The van der Waals surface area contributed by atoms with Crippen molar-refractivity contribution in [1.82, 2.24) is 5.43 Å². The lowest BCUT2D eigenvalue weighted by molar-refractivity contribution is -0.118. The van der Waals surface area contributed by atoms with Crippen LogP contribution < -0.4 is 25.0 Å². The maximum atomic E-state index is 12.4. The summed E-state index contributed by atoms with van der Waals surface area (Å²) in [5, 5.41) is 7.68. The van der Waals surface area contributed by atoms with Gasteiger partial charge in [-0.15, -0.1) is 0 Å². The molecule has 10 heteroatoms. The van der Waals surface area contributed by atoms with Gasteiger partial charge in [-0.3, -0.25) is 9.59 Å². The van der Waals surface area contributed by atoms with Crippen molar-refractivity contribution < 1.29 is 23.8 Å². The van der Waals surface area contributed by atoms with E-state index in [1.807, 2.05) is 0 Å². The highest BCUT2D eigenvalue weighted by Crippen LogP contribution is 2.27. The summed E-state index contributed by atoms with van der Waals surface area (Å²) in [5.41, 5.74) is 3.82. The molecule has 34 heavy (non-hydrogen) atoms. The number of nitrogens with zero attached hydrogens (tertiary/aromatic N) is 1. The molecule has 3 rings (SSSR count). The summed E-state index contributed by atoms with van der Waals surface area (Å²) in [4.78, 5) is 24.6. The van der Waals surface area contributed by atoms with E-state index in [2.05, 4.69) is 15.8 Å². The van der Waals surface area contributed by atoms with Crippen LogP contribution in [0.25, 0.3) is 0 Å². The van der Waals surface area contributed by atoms with E-state index >= 15 is 0 Å². The van der Waals surface area contributed by atoms with Crippen LogP contribution in [0.1, 0.15) is 15.9 Å². The van der Waals surface area contributed by atoms with Gasteiger partial charge in [-0.05, 0) is 60.7 Å². The summed E-state index contributed by atoms with van der Waals surface area (Å²) in [6.07, 6.45) is 1.37. The molecule has 3 aromatic rings. The molecule has 0 fully saturated rings. The summed E-state index contributed by atoms with van der Waals surface area (Å²) >= 11 is 11.9. The van der Waals surface area contributed by atoms with Gasteiger partial charge in [0.25, 0.3) is 11.8 Å². The van der Waals surface area contributed by atoms with Gasteiger partial charge in [0.05, 0.1) is 20.4 Å². The maximum absolute atomic E-state index is 12.4. The van der Waals surface area contributed by atoms with Gasteiger partial charge < -0.3 is 19.5 Å². The van der Waals surface area contributed by atoms with E-state index in [4.69, 9.17) is 37.4 Å². The quantitative estimate of drug-likeness (QED) is 0.324. The topological polar surface area (TPSA) is 98.3 Å². The van der Waals surface area contributed by atoms with Gasteiger partial charge >= 0.3 is 0 Å². The Kier molecular flexibility index (Phi) is 8.73. The molecule has 3 aromatic carbocycles. The maximum Gasteiger partial charge on any atom is 0.271 e. The number of halogens is 2. The van der Waals surface area contributed by atoms with E-state index in [9.17, 15) is 9.59 Å². The molecule has 0 heterocycles. The molecule has 0 aliphatic rings. The monoisotopic (exact) mass is 501 g/mol. The molecule has 8 nitrogen and oxygen atoms in total. The van der Waals surface area contributed by atoms with Crippen molar-refractivity contribution in [1.29, 1.82) is 0 Å². The normalized spacial score (nSPS) is 10.6. The largest absolute Gasteiger partial charge is 0.493 e. The van der Waals surface area contributed by atoms with Crippen LogP contribution in [0.15, 0.2) is 65.8 Å². The van der Waals surface area contributed by atoms with E-state index in [0.717, 1.165) is 0 Å². The molecule has 2 amide bonds. The second-order valence-electron chi connectivity index (χ2n) is 6.79. The third kappa shape index (κ3) is 6.87. The van der Waals surface area contributed by atoms with Crippen LogP contribution >= 0.6 is 23.2 Å². The predicted octanol–water partition coefficient (Wildman–Crippen LogP) is 4.79. The summed E-state index contributed by atoms with van der Waals surface area (Å²) in [7, 11) is 2.99. The van der Waals surface area contributed by atoms with Crippen LogP contribution in [0.2, 0.25) is 10.0 Å². The summed E-state index contributed by atoms with van der Waals surface area (Å²) < 4.78 is 16.0. The highest BCUT2D eigenvalue weighted by molar-refractivity contribution is 6.31. The molecule has 0 saturated heterocycles. The Morgan fingerprint density at radius 3 is 2.26 bits per heavy atom. The van der Waals surface area contributed by atoms with Crippen molar-refractivity contribution >= 4 is 46.9 Å². The number of nitrogens with one attached hydrogen (secondary N) is 2. The fourth-order valence-corrected chi connectivity index (χ4v) is 3.13. The summed E-state index contributed by atoms with van der Waals surface area (Å²) in [6, 6.07) is 16.3. The average molecular weight is 502 g/mol. The van der Waals surface area contributed by atoms with Crippen LogP contribution in [0.4, 0.5) is 5.69 Å². The number of hydrazone groups is 1. The van der Waals surface area contributed by atoms with Crippen molar-refractivity contribution in [2.24, 2.45) is 5.10 Å². The van der Waals surface area contributed by atoms with Gasteiger partial charge in [0.15, 0.2) is 18.1 Å². The zero-order chi connectivity index (χ0) is 24.5. The Bertz CT molecular complexity index is 1200. The molecule has 0 aliphatic heterocycles. The van der Waals surface area contributed by atoms with Gasteiger partial charge in [0, 0.05) is 26.9 Å². The first-order valence-corrected chi connectivity index (χ1v) is 10.7. The number of carbonyl (C=O) groups excluding carboxylic acids is 2. The molecule has 0 aromatic heterocycles. The van der Waals surface area contributed by atoms with E-state index in [-0.39, 0.29) is 12.5 Å². The van der Waals surface area contributed by atoms with E-state index in [0.29, 0.717) is 44.1 Å². The number of carbonyl (C=O) groups is 2. The molecule has 0 saturated carbocycles. The number of methoxy groups -OCH3 is 2. The number of ether oxygens (including phenoxy) is 3. The number of benzene rings is 3. The number of hydrogen-bond acceptors (Lipinski definition) is 6. The third-order valence-electron chi connectivity index (χ3n) is 4.47. The number of hydrogen-bond donors (Lipinski definition) is 2. The Morgan fingerprint density at radius 1 is 0.882 bits per heavy atom. The SMILES string of the molecule is COc1ccc(C(=O)N/N=C/c2cc(Cl)ccc2OCC(=O)Nc2ccc(Cl)cc2)cc1OC. The number of amides is 2. The van der Waals surface area contributed by atoms with Crippen molar-refractivity contribution in [3.05, 3.63) is 81.8 Å². The zero-order valence-corrected chi connectivity index (χ0v) is 19.8. The van der Waals surface area contributed by atoms with Crippen LogP contribution in [0.3, 0.4) is 0 Å². The van der Waals surface area contributed by atoms with Crippen molar-refractivity contribution in [3.63, 3.8) is 0 Å².